The fourth-order valence-corrected chi connectivity index (χ4v) is 7.32. The van der Waals surface area contributed by atoms with E-state index in [1.165, 1.54) is 11.8 Å². The number of nitrogens with one attached hydrogen (secondary N) is 2. The average molecular weight is 434 g/mol. The van der Waals surface area contributed by atoms with Gasteiger partial charge in [0.25, 0.3) is 5.91 Å². The minimum Gasteiger partial charge on any atom is -0.335 e. The van der Waals surface area contributed by atoms with Gasteiger partial charge in [-0.25, -0.2) is 8.42 Å². The molecule has 0 saturated carbocycles. The summed E-state index contributed by atoms with van der Waals surface area (Å²) >= 11 is 3.07. The molecule has 4 rings (SSSR count). The maximum Gasteiger partial charge on any atom is 0.255 e. The first kappa shape index (κ1) is 19.4. The molecule has 2 N–H and O–H groups in total. The van der Waals surface area contributed by atoms with Crippen LogP contribution >= 0.6 is 23.5 Å². The van der Waals surface area contributed by atoms with Crippen molar-refractivity contribution in [1.82, 2.24) is 0 Å². The number of benzene rings is 2. The quantitative estimate of drug-likeness (QED) is 0.719. The van der Waals surface area contributed by atoms with Crippen LogP contribution in [-0.2, 0) is 9.84 Å². The minimum atomic E-state index is -2.96. The predicted octanol–water partition coefficient (Wildman–Crippen LogP) is 3.34. The van der Waals surface area contributed by atoms with Gasteiger partial charge in [0.05, 0.1) is 17.5 Å². The Labute approximate surface area is 172 Å². The molecule has 2 aromatic carbocycles. The molecule has 1 amide bonds. The van der Waals surface area contributed by atoms with Gasteiger partial charge in [-0.15, -0.1) is 11.8 Å². The van der Waals surface area contributed by atoms with Crippen molar-refractivity contribution in [1.29, 1.82) is 0 Å². The van der Waals surface area contributed by atoms with E-state index < -0.39 is 9.84 Å². The first-order valence-electron chi connectivity index (χ1n) is 8.69. The summed E-state index contributed by atoms with van der Waals surface area (Å²) < 4.78 is 23.3. The number of hydrogen-bond acceptors (Lipinski definition) is 7. The average Bonchev–Trinajstić information content (AvgIpc) is 3.14. The lowest BCUT2D eigenvalue weighted by atomic mass is 10.2. The molecule has 2 aromatic rings. The fraction of sp³-hybridized carbons (Fsp3) is 0.263. The summed E-state index contributed by atoms with van der Waals surface area (Å²) in [6, 6.07) is 14.7. The minimum absolute atomic E-state index is 0.0114. The van der Waals surface area contributed by atoms with E-state index in [0.717, 1.165) is 16.3 Å². The van der Waals surface area contributed by atoms with Gasteiger partial charge in [0, 0.05) is 27.1 Å². The first-order chi connectivity index (χ1) is 13.4. The number of rotatable bonds is 4. The van der Waals surface area contributed by atoms with Gasteiger partial charge < -0.3 is 10.6 Å². The number of sulfone groups is 1. The van der Waals surface area contributed by atoms with Gasteiger partial charge in [-0.2, -0.15) is 0 Å². The molecule has 6 nitrogen and oxygen atoms in total. The van der Waals surface area contributed by atoms with Crippen LogP contribution in [0.15, 0.2) is 58.4 Å². The standard InChI is InChI=1S/C19H19N3O3S3/c1-26-15-7-3-6-14(9-15)20-18(23)12-4-2-5-13(8-12)21-19-22-16-10-28(24,25)11-17(16)27-19/h2-9,16-17H,10-11H2,1H3,(H,20,23)(H,21,22)/t16-,17+/m1/s1. The van der Waals surface area contributed by atoms with E-state index in [-0.39, 0.29) is 28.7 Å². The van der Waals surface area contributed by atoms with Gasteiger partial charge in [0.2, 0.25) is 0 Å². The highest BCUT2D eigenvalue weighted by molar-refractivity contribution is 8.15. The maximum atomic E-state index is 12.6. The molecule has 2 atom stereocenters. The second-order valence-electron chi connectivity index (χ2n) is 6.63. The molecule has 28 heavy (non-hydrogen) atoms. The molecule has 2 aliphatic heterocycles. The van der Waals surface area contributed by atoms with Crippen LogP contribution in [-0.4, -0.2) is 48.5 Å². The lowest BCUT2D eigenvalue weighted by Crippen LogP contribution is -2.14. The molecule has 0 radical (unpaired) electrons. The Bertz CT molecular complexity index is 1050. The van der Waals surface area contributed by atoms with Crippen molar-refractivity contribution in [3.8, 4) is 0 Å². The van der Waals surface area contributed by atoms with Crippen LogP contribution in [0.2, 0.25) is 0 Å². The highest BCUT2D eigenvalue weighted by Gasteiger charge is 2.42. The molecule has 1 fully saturated rings. The summed E-state index contributed by atoms with van der Waals surface area (Å²) in [7, 11) is -2.96. The molecule has 0 unspecified atom stereocenters. The van der Waals surface area contributed by atoms with Crippen molar-refractivity contribution >= 4 is 55.8 Å². The molecule has 9 heteroatoms. The van der Waals surface area contributed by atoms with Crippen LogP contribution in [0, 0.1) is 0 Å². The first-order valence-corrected chi connectivity index (χ1v) is 12.6. The summed E-state index contributed by atoms with van der Waals surface area (Å²) in [5, 5.41) is 6.81. The number of carbonyl (C=O) groups is 1. The predicted molar refractivity (Wildman–Crippen MR) is 117 cm³/mol. The van der Waals surface area contributed by atoms with E-state index in [1.54, 1.807) is 30.0 Å². The summed E-state index contributed by atoms with van der Waals surface area (Å²) in [5.74, 6) is 0.105. The van der Waals surface area contributed by atoms with Crippen LogP contribution < -0.4 is 10.6 Å². The fourth-order valence-electron chi connectivity index (χ4n) is 3.18. The molecule has 1 saturated heterocycles. The molecule has 0 aromatic heterocycles. The number of fused-ring (bicyclic) bond motifs is 1. The normalized spacial score (nSPS) is 22.4. The summed E-state index contributed by atoms with van der Waals surface area (Å²) in [6.07, 6.45) is 1.99. The summed E-state index contributed by atoms with van der Waals surface area (Å²) in [6.45, 7) is 0. The number of hydrogen-bond donors (Lipinski definition) is 2. The zero-order valence-electron chi connectivity index (χ0n) is 15.1. The highest BCUT2D eigenvalue weighted by atomic mass is 32.2. The van der Waals surface area contributed by atoms with Crippen LogP contribution in [0.1, 0.15) is 10.4 Å². The summed E-state index contributed by atoms with van der Waals surface area (Å²) in [5.41, 5.74) is 2.03. The Balaban J connectivity index is 1.44. The SMILES string of the molecule is CSc1cccc(NC(=O)c2cccc(NC3=N[C@@H]4CS(=O)(=O)C[C@@H]4S3)c2)c1. The second kappa shape index (κ2) is 7.81. The van der Waals surface area contributed by atoms with Crippen LogP contribution in [0.3, 0.4) is 0 Å². The molecule has 2 heterocycles. The number of anilines is 2. The van der Waals surface area contributed by atoms with Gasteiger partial charge >= 0.3 is 0 Å². The number of carbonyl (C=O) groups excluding carboxylic acids is 1. The number of nitrogens with zero attached hydrogens (tertiary/aromatic N) is 1. The highest BCUT2D eigenvalue weighted by Crippen LogP contribution is 2.34. The van der Waals surface area contributed by atoms with Gasteiger partial charge in [0.15, 0.2) is 15.0 Å². The third-order valence-electron chi connectivity index (χ3n) is 4.52. The lowest BCUT2D eigenvalue weighted by Gasteiger charge is -2.10. The van der Waals surface area contributed by atoms with Crippen LogP contribution in [0.5, 0.6) is 0 Å². The molecule has 0 bridgehead atoms. The van der Waals surface area contributed by atoms with Crippen molar-refractivity contribution in [2.24, 2.45) is 4.99 Å². The Kier molecular flexibility index (Phi) is 5.39. The number of aliphatic imine (C=N–C) groups is 1. The van der Waals surface area contributed by atoms with Gasteiger partial charge in [0.1, 0.15) is 0 Å². The van der Waals surface area contributed by atoms with E-state index in [0.29, 0.717) is 10.7 Å². The molecule has 0 spiro atoms. The zero-order chi connectivity index (χ0) is 19.7. The molecule has 0 aliphatic carbocycles. The Morgan fingerprint density at radius 1 is 1.14 bits per heavy atom. The Morgan fingerprint density at radius 3 is 2.71 bits per heavy atom. The number of amides is 1. The smallest absolute Gasteiger partial charge is 0.255 e. The molecular formula is C19H19N3O3S3. The van der Waals surface area contributed by atoms with Crippen molar-refractivity contribution in [2.45, 2.75) is 16.2 Å². The third kappa shape index (κ3) is 4.37. The third-order valence-corrected chi connectivity index (χ3v) is 8.39. The van der Waals surface area contributed by atoms with Gasteiger partial charge in [-0.05, 0) is 42.7 Å². The Hall–Kier alpha value is -1.97. The maximum absolute atomic E-state index is 12.6. The molecule has 2 aliphatic rings. The van der Waals surface area contributed by atoms with Gasteiger partial charge in [-0.1, -0.05) is 23.9 Å². The van der Waals surface area contributed by atoms with E-state index in [9.17, 15) is 13.2 Å². The van der Waals surface area contributed by atoms with E-state index in [1.807, 2.05) is 36.6 Å². The monoisotopic (exact) mass is 433 g/mol. The second-order valence-corrected chi connectivity index (χ2v) is 10.9. The van der Waals surface area contributed by atoms with E-state index in [4.69, 9.17) is 0 Å². The largest absolute Gasteiger partial charge is 0.335 e. The number of amidine groups is 1. The number of thioether (sulfide) groups is 2. The van der Waals surface area contributed by atoms with Crippen LogP contribution in [0.4, 0.5) is 11.4 Å². The van der Waals surface area contributed by atoms with Crippen LogP contribution in [0.25, 0.3) is 0 Å². The van der Waals surface area contributed by atoms with E-state index in [2.05, 4.69) is 15.6 Å². The topological polar surface area (TPSA) is 87.6 Å². The zero-order valence-corrected chi connectivity index (χ0v) is 17.5. The van der Waals surface area contributed by atoms with Crippen molar-refractivity contribution in [2.75, 3.05) is 28.4 Å². The van der Waals surface area contributed by atoms with Crippen molar-refractivity contribution < 1.29 is 13.2 Å². The molecule has 146 valence electrons. The molecular weight excluding hydrogens is 414 g/mol. The Morgan fingerprint density at radius 2 is 1.93 bits per heavy atom. The van der Waals surface area contributed by atoms with Crippen molar-refractivity contribution in [3.05, 3.63) is 54.1 Å². The summed E-state index contributed by atoms with van der Waals surface area (Å²) in [4.78, 5) is 18.2. The van der Waals surface area contributed by atoms with E-state index >= 15 is 0 Å². The van der Waals surface area contributed by atoms with Crippen molar-refractivity contribution in [3.63, 3.8) is 0 Å². The lowest BCUT2D eigenvalue weighted by molar-refractivity contribution is 0.102. The van der Waals surface area contributed by atoms with Gasteiger partial charge in [-0.3, -0.25) is 9.79 Å².